The average Bonchev–Trinajstić information content (AvgIpc) is 3.10. The van der Waals surface area contributed by atoms with Crippen molar-refractivity contribution in [2.45, 2.75) is 13.0 Å². The predicted molar refractivity (Wildman–Crippen MR) is 107 cm³/mol. The molecule has 7 nitrogen and oxygen atoms in total. The van der Waals surface area contributed by atoms with Crippen molar-refractivity contribution in [3.05, 3.63) is 70.4 Å². The van der Waals surface area contributed by atoms with Gasteiger partial charge in [0, 0.05) is 21.8 Å². The van der Waals surface area contributed by atoms with Gasteiger partial charge in [-0.05, 0) is 25.1 Å². The van der Waals surface area contributed by atoms with Crippen molar-refractivity contribution in [1.29, 1.82) is 0 Å². The summed E-state index contributed by atoms with van der Waals surface area (Å²) in [7, 11) is 1.58. The van der Waals surface area contributed by atoms with Crippen LogP contribution in [0.5, 0.6) is 5.75 Å². The van der Waals surface area contributed by atoms with E-state index in [-0.39, 0.29) is 0 Å². The lowest BCUT2D eigenvalue weighted by molar-refractivity contribution is -0.115. The fourth-order valence-electron chi connectivity index (χ4n) is 3.40. The van der Waals surface area contributed by atoms with Gasteiger partial charge in [0.15, 0.2) is 5.82 Å². The molecule has 1 unspecified atom stereocenters. The summed E-state index contributed by atoms with van der Waals surface area (Å²) in [6.45, 7) is 1.79. The van der Waals surface area contributed by atoms with Gasteiger partial charge >= 0.3 is 0 Å². The highest BCUT2D eigenvalue weighted by Crippen LogP contribution is 2.39. The Hall–Kier alpha value is -3.32. The summed E-state index contributed by atoms with van der Waals surface area (Å²) in [5.41, 5.74) is 8.28. The zero-order valence-electron chi connectivity index (χ0n) is 15.3. The number of methoxy groups -OCH3 is 1. The van der Waals surface area contributed by atoms with Crippen molar-refractivity contribution in [3.63, 3.8) is 0 Å². The van der Waals surface area contributed by atoms with Gasteiger partial charge in [-0.3, -0.25) is 4.79 Å². The molecule has 0 aliphatic carbocycles. The number of primary amides is 1. The average molecular weight is 396 g/mol. The van der Waals surface area contributed by atoms with Crippen molar-refractivity contribution in [2.75, 3.05) is 12.4 Å². The molecule has 0 spiro atoms. The normalized spacial score (nSPS) is 15.8. The van der Waals surface area contributed by atoms with Gasteiger partial charge < -0.3 is 15.8 Å². The smallest absolute Gasteiger partial charge is 0.248 e. The quantitative estimate of drug-likeness (QED) is 0.706. The Morgan fingerprint density at radius 1 is 1.25 bits per heavy atom. The molecule has 0 saturated carbocycles. The van der Waals surface area contributed by atoms with Gasteiger partial charge in [-0.15, -0.1) is 5.10 Å². The molecule has 3 aromatic rings. The molecule has 0 saturated heterocycles. The lowest BCUT2D eigenvalue weighted by Gasteiger charge is -2.28. The Kier molecular flexibility index (Phi) is 4.52. The van der Waals surface area contributed by atoms with Gasteiger partial charge in [-0.25, -0.2) is 4.68 Å². The number of rotatable bonds is 4. The van der Waals surface area contributed by atoms with Gasteiger partial charge in [-0.1, -0.05) is 41.9 Å². The molecule has 8 heteroatoms. The lowest BCUT2D eigenvalue weighted by Crippen LogP contribution is -2.32. The largest absolute Gasteiger partial charge is 0.496 e. The van der Waals surface area contributed by atoms with Crippen LogP contribution in [0.3, 0.4) is 0 Å². The zero-order valence-corrected chi connectivity index (χ0v) is 16.1. The molecule has 4 rings (SSSR count). The molecule has 0 radical (unpaired) electrons. The second-order valence-corrected chi connectivity index (χ2v) is 6.82. The Morgan fingerprint density at radius 3 is 2.75 bits per heavy atom. The summed E-state index contributed by atoms with van der Waals surface area (Å²) in [4.78, 5) is 16.9. The van der Waals surface area contributed by atoms with Crippen LogP contribution in [0.25, 0.3) is 11.4 Å². The maximum Gasteiger partial charge on any atom is 0.248 e. The summed E-state index contributed by atoms with van der Waals surface area (Å²) in [6, 6.07) is 14.2. The summed E-state index contributed by atoms with van der Waals surface area (Å²) in [5.74, 6) is 1.09. The summed E-state index contributed by atoms with van der Waals surface area (Å²) < 4.78 is 7.16. The number of carbonyl (C=O) groups excluding carboxylic acids is 1. The number of para-hydroxylation sites is 1. The minimum Gasteiger partial charge on any atom is -0.496 e. The Balaban J connectivity index is 1.92. The van der Waals surface area contributed by atoms with Gasteiger partial charge in [0.25, 0.3) is 0 Å². The maximum atomic E-state index is 12.3. The monoisotopic (exact) mass is 395 g/mol. The van der Waals surface area contributed by atoms with Crippen LogP contribution >= 0.6 is 11.6 Å². The first-order chi connectivity index (χ1) is 13.5. The minimum absolute atomic E-state index is 0.402. The zero-order chi connectivity index (χ0) is 19.8. The van der Waals surface area contributed by atoms with Gasteiger partial charge in [0.2, 0.25) is 11.9 Å². The molecule has 2 heterocycles. The van der Waals surface area contributed by atoms with E-state index >= 15 is 0 Å². The van der Waals surface area contributed by atoms with E-state index in [4.69, 9.17) is 22.1 Å². The van der Waals surface area contributed by atoms with Crippen LogP contribution in [0.2, 0.25) is 5.02 Å². The minimum atomic E-state index is -0.565. The number of fused-ring (bicyclic) bond motifs is 1. The first-order valence-electron chi connectivity index (χ1n) is 8.62. The molecule has 1 aliphatic rings. The summed E-state index contributed by atoms with van der Waals surface area (Å²) in [6.07, 6.45) is 0. The Morgan fingerprint density at radius 2 is 2.04 bits per heavy atom. The number of nitrogens with one attached hydrogen (secondary N) is 1. The number of nitrogens with zero attached hydrogens (tertiary/aromatic N) is 3. The Labute approximate surface area is 166 Å². The standard InChI is InChI=1S/C20H18ClN5O2/c1-11-16(18(22)27)17(14-8-3-4-9-15(14)28-2)26-20(23-11)24-19(25-26)12-6-5-7-13(21)10-12/h3-10,17H,1-2H3,(H2,22,27)(H,23,24,25). The predicted octanol–water partition coefficient (Wildman–Crippen LogP) is 3.38. The topological polar surface area (TPSA) is 95.1 Å². The van der Waals surface area contributed by atoms with E-state index in [1.807, 2.05) is 36.4 Å². The molecule has 142 valence electrons. The highest BCUT2D eigenvalue weighted by molar-refractivity contribution is 6.30. The first-order valence-corrected chi connectivity index (χ1v) is 9.00. The SMILES string of the molecule is COc1ccccc1C1C(C(N)=O)=C(C)Nc2nc(-c3cccc(Cl)c3)nn21. The van der Waals surface area contributed by atoms with Gasteiger partial charge in [-0.2, -0.15) is 4.98 Å². The lowest BCUT2D eigenvalue weighted by atomic mass is 9.94. The second-order valence-electron chi connectivity index (χ2n) is 6.39. The van der Waals surface area contributed by atoms with Crippen LogP contribution in [0.1, 0.15) is 18.5 Å². The van der Waals surface area contributed by atoms with Crippen LogP contribution in [0, 0.1) is 0 Å². The molecule has 1 aromatic heterocycles. The number of halogens is 1. The van der Waals surface area contributed by atoms with E-state index in [0.717, 1.165) is 11.1 Å². The third kappa shape index (κ3) is 2.99. The van der Waals surface area contributed by atoms with Crippen molar-refractivity contribution in [1.82, 2.24) is 14.8 Å². The third-order valence-electron chi connectivity index (χ3n) is 4.63. The van der Waals surface area contributed by atoms with E-state index < -0.39 is 11.9 Å². The molecule has 1 amide bonds. The number of allylic oxidation sites excluding steroid dienone is 1. The maximum absolute atomic E-state index is 12.3. The number of amides is 1. The van der Waals surface area contributed by atoms with Crippen LogP contribution < -0.4 is 15.8 Å². The number of aromatic nitrogens is 3. The molecule has 1 atom stereocenters. The van der Waals surface area contributed by atoms with Crippen LogP contribution in [0.4, 0.5) is 5.95 Å². The van der Waals surface area contributed by atoms with Crippen molar-refractivity contribution in [2.24, 2.45) is 5.73 Å². The first kappa shape index (κ1) is 18.1. The number of carbonyl (C=O) groups is 1. The van der Waals surface area contributed by atoms with E-state index in [1.54, 1.807) is 30.8 Å². The fraction of sp³-hybridized carbons (Fsp3) is 0.150. The van der Waals surface area contributed by atoms with E-state index in [1.165, 1.54) is 0 Å². The van der Waals surface area contributed by atoms with Crippen molar-refractivity contribution in [3.8, 4) is 17.1 Å². The van der Waals surface area contributed by atoms with Gasteiger partial charge in [0.05, 0.1) is 12.7 Å². The molecule has 28 heavy (non-hydrogen) atoms. The number of hydrogen-bond donors (Lipinski definition) is 2. The highest BCUT2D eigenvalue weighted by atomic mass is 35.5. The van der Waals surface area contributed by atoms with Gasteiger partial charge in [0.1, 0.15) is 11.8 Å². The molecule has 2 aromatic carbocycles. The number of ether oxygens (including phenoxy) is 1. The summed E-state index contributed by atoms with van der Waals surface area (Å²) >= 11 is 6.11. The van der Waals surface area contributed by atoms with Crippen LogP contribution in [-0.2, 0) is 4.79 Å². The third-order valence-corrected chi connectivity index (χ3v) is 4.87. The van der Waals surface area contributed by atoms with E-state index in [9.17, 15) is 4.79 Å². The number of nitrogens with two attached hydrogens (primary N) is 1. The molecule has 0 bridgehead atoms. The molecule has 3 N–H and O–H groups in total. The Bertz CT molecular complexity index is 1110. The molecular weight excluding hydrogens is 378 g/mol. The molecule has 1 aliphatic heterocycles. The highest BCUT2D eigenvalue weighted by Gasteiger charge is 2.35. The van der Waals surface area contributed by atoms with Crippen LogP contribution in [0.15, 0.2) is 59.8 Å². The number of benzene rings is 2. The van der Waals surface area contributed by atoms with Crippen molar-refractivity contribution >= 4 is 23.5 Å². The number of anilines is 1. The van der Waals surface area contributed by atoms with E-state index in [2.05, 4.69) is 15.4 Å². The molecular formula is C20H18ClN5O2. The second kappa shape index (κ2) is 7.01. The van der Waals surface area contributed by atoms with Crippen molar-refractivity contribution < 1.29 is 9.53 Å². The fourth-order valence-corrected chi connectivity index (χ4v) is 3.59. The van der Waals surface area contributed by atoms with Crippen LogP contribution in [-0.4, -0.2) is 27.8 Å². The number of hydrogen-bond acceptors (Lipinski definition) is 5. The summed E-state index contributed by atoms with van der Waals surface area (Å²) in [5, 5.41) is 8.37. The van der Waals surface area contributed by atoms with E-state index in [0.29, 0.717) is 33.8 Å². The molecule has 0 fully saturated rings.